The molecule has 0 fully saturated rings. The maximum Gasteiger partial charge on any atom is 0.251 e. The lowest BCUT2D eigenvalue weighted by atomic mass is 10.1. The van der Waals surface area contributed by atoms with Gasteiger partial charge in [-0.25, -0.2) is 0 Å². The molecule has 7 nitrogen and oxygen atoms in total. The first-order valence-electron chi connectivity index (χ1n) is 9.51. The first-order valence-corrected chi connectivity index (χ1v) is 9.51. The molecule has 0 aliphatic rings. The summed E-state index contributed by atoms with van der Waals surface area (Å²) in [6, 6.07) is 7.40. The highest BCUT2D eigenvalue weighted by Gasteiger charge is 2.08. The van der Waals surface area contributed by atoms with Crippen molar-refractivity contribution in [3.8, 4) is 0 Å². The Bertz CT molecular complexity index is 998. The van der Waals surface area contributed by atoms with Crippen LogP contribution in [0.25, 0.3) is 10.9 Å². The van der Waals surface area contributed by atoms with Gasteiger partial charge in [0, 0.05) is 36.8 Å². The van der Waals surface area contributed by atoms with Gasteiger partial charge in [0.25, 0.3) is 5.56 Å². The molecule has 146 valence electrons. The predicted octanol–water partition coefficient (Wildman–Crippen LogP) is 2.63. The fourth-order valence-electron chi connectivity index (χ4n) is 3.05. The first kappa shape index (κ1) is 19.7. The third-order valence-corrected chi connectivity index (χ3v) is 4.74. The van der Waals surface area contributed by atoms with E-state index in [9.17, 15) is 9.59 Å². The van der Waals surface area contributed by atoms with E-state index in [1.807, 2.05) is 31.3 Å². The van der Waals surface area contributed by atoms with Gasteiger partial charge in [0.15, 0.2) is 6.29 Å². The molecule has 0 atom stereocenters. The fourth-order valence-corrected chi connectivity index (χ4v) is 3.05. The monoisotopic (exact) mass is 379 g/mol. The number of pyridine rings is 3. The molecule has 0 amide bonds. The van der Waals surface area contributed by atoms with Gasteiger partial charge in [-0.15, -0.1) is 0 Å². The van der Waals surface area contributed by atoms with Crippen LogP contribution >= 0.6 is 0 Å². The summed E-state index contributed by atoms with van der Waals surface area (Å²) in [7, 11) is 0. The number of carbonyl (C=O) groups excluding carboxylic acids is 1. The molecule has 0 aliphatic heterocycles. The van der Waals surface area contributed by atoms with Gasteiger partial charge < -0.3 is 10.3 Å². The standard InChI is InChI=1S/C21H25N5O2/c1-3-15-9-16-11-23-19(10-20(16)25-21(15)28)13-26(4-2)8-7-22-17-5-6-18(14-27)24-12-17/h5-6,9-12,14,22H,3-4,7-8,13H2,1-2H3,(H,25,28). The zero-order chi connectivity index (χ0) is 19.9. The van der Waals surface area contributed by atoms with Crippen molar-refractivity contribution in [2.75, 3.05) is 25.0 Å². The van der Waals surface area contributed by atoms with Crippen molar-refractivity contribution in [1.29, 1.82) is 0 Å². The zero-order valence-electron chi connectivity index (χ0n) is 16.2. The van der Waals surface area contributed by atoms with Crippen molar-refractivity contribution in [3.63, 3.8) is 0 Å². The minimum absolute atomic E-state index is 0.0297. The minimum atomic E-state index is -0.0297. The summed E-state index contributed by atoms with van der Waals surface area (Å²) in [5.41, 5.74) is 3.80. The summed E-state index contributed by atoms with van der Waals surface area (Å²) in [6.45, 7) is 7.25. The topological polar surface area (TPSA) is 91.0 Å². The summed E-state index contributed by atoms with van der Waals surface area (Å²) in [4.78, 5) is 36.5. The molecular weight excluding hydrogens is 354 g/mol. The number of aryl methyl sites for hydroxylation is 1. The molecule has 3 heterocycles. The first-order chi connectivity index (χ1) is 13.6. The molecule has 7 heteroatoms. The number of anilines is 1. The summed E-state index contributed by atoms with van der Waals surface area (Å²) < 4.78 is 0. The van der Waals surface area contributed by atoms with Crippen LogP contribution in [-0.2, 0) is 13.0 Å². The Hall–Kier alpha value is -3.06. The van der Waals surface area contributed by atoms with E-state index in [1.165, 1.54) is 0 Å². The quantitative estimate of drug-likeness (QED) is 0.556. The third kappa shape index (κ3) is 4.80. The van der Waals surface area contributed by atoms with Crippen LogP contribution in [0.4, 0.5) is 5.69 Å². The van der Waals surface area contributed by atoms with Crippen LogP contribution in [0.3, 0.4) is 0 Å². The SMILES string of the molecule is CCc1cc2cnc(CN(CC)CCNc3ccc(C=O)nc3)cc2[nH]c1=O. The maximum atomic E-state index is 12.1. The number of nitrogens with zero attached hydrogens (tertiary/aromatic N) is 3. The lowest BCUT2D eigenvalue weighted by Crippen LogP contribution is -2.29. The fraction of sp³-hybridized carbons (Fsp3) is 0.333. The molecule has 2 N–H and O–H groups in total. The number of fused-ring (bicyclic) bond motifs is 1. The van der Waals surface area contributed by atoms with Crippen molar-refractivity contribution >= 4 is 22.9 Å². The van der Waals surface area contributed by atoms with Crippen LogP contribution < -0.4 is 10.9 Å². The number of carbonyl (C=O) groups is 1. The van der Waals surface area contributed by atoms with Gasteiger partial charge in [0.05, 0.1) is 23.1 Å². The van der Waals surface area contributed by atoms with Crippen molar-refractivity contribution in [1.82, 2.24) is 19.9 Å². The molecule has 3 rings (SSSR count). The highest BCUT2D eigenvalue weighted by molar-refractivity contribution is 5.78. The van der Waals surface area contributed by atoms with E-state index < -0.39 is 0 Å². The van der Waals surface area contributed by atoms with Crippen molar-refractivity contribution < 1.29 is 4.79 Å². The Kier molecular flexibility index (Phi) is 6.49. The molecule has 0 aromatic carbocycles. The molecule has 0 saturated carbocycles. The number of likely N-dealkylation sites (N-methyl/N-ethyl adjacent to an activating group) is 1. The number of aromatic nitrogens is 3. The smallest absolute Gasteiger partial charge is 0.251 e. The van der Waals surface area contributed by atoms with Gasteiger partial charge in [-0.3, -0.25) is 24.5 Å². The van der Waals surface area contributed by atoms with Gasteiger partial charge >= 0.3 is 0 Å². The molecule has 0 unspecified atom stereocenters. The number of aromatic amines is 1. The molecule has 0 bridgehead atoms. The molecule has 0 aliphatic carbocycles. The number of H-pyrrole nitrogens is 1. The van der Waals surface area contributed by atoms with Crippen LogP contribution in [0.2, 0.25) is 0 Å². The zero-order valence-corrected chi connectivity index (χ0v) is 16.2. The summed E-state index contributed by atoms with van der Waals surface area (Å²) >= 11 is 0. The summed E-state index contributed by atoms with van der Waals surface area (Å²) in [5.74, 6) is 0. The maximum absolute atomic E-state index is 12.1. The van der Waals surface area contributed by atoms with E-state index >= 15 is 0 Å². The number of hydrogen-bond donors (Lipinski definition) is 2. The number of rotatable bonds is 9. The predicted molar refractivity (Wildman–Crippen MR) is 111 cm³/mol. The highest BCUT2D eigenvalue weighted by Crippen LogP contribution is 2.13. The van der Waals surface area contributed by atoms with Crippen molar-refractivity contribution in [2.45, 2.75) is 26.8 Å². The molecule has 0 saturated heterocycles. The normalized spacial score (nSPS) is 11.1. The van der Waals surface area contributed by atoms with Gasteiger partial charge in [0.1, 0.15) is 5.69 Å². The molecule has 28 heavy (non-hydrogen) atoms. The van der Waals surface area contributed by atoms with E-state index in [2.05, 4.69) is 32.1 Å². The molecule has 3 aromatic rings. The molecule has 3 aromatic heterocycles. The minimum Gasteiger partial charge on any atom is -0.383 e. The van der Waals surface area contributed by atoms with Gasteiger partial charge in [-0.1, -0.05) is 13.8 Å². The lowest BCUT2D eigenvalue weighted by Gasteiger charge is -2.20. The second kappa shape index (κ2) is 9.23. The van der Waals surface area contributed by atoms with Gasteiger partial charge in [-0.2, -0.15) is 0 Å². The summed E-state index contributed by atoms with van der Waals surface area (Å²) in [5, 5.41) is 4.26. The average molecular weight is 379 g/mol. The molecule has 0 spiro atoms. The van der Waals surface area contributed by atoms with Crippen LogP contribution in [0.1, 0.15) is 35.6 Å². The highest BCUT2D eigenvalue weighted by atomic mass is 16.1. The van der Waals surface area contributed by atoms with Crippen LogP contribution in [0.5, 0.6) is 0 Å². The van der Waals surface area contributed by atoms with E-state index in [0.29, 0.717) is 18.7 Å². The Balaban J connectivity index is 1.61. The Morgan fingerprint density at radius 2 is 2.04 bits per heavy atom. The van der Waals surface area contributed by atoms with E-state index in [1.54, 1.807) is 12.3 Å². The Labute approximate surface area is 163 Å². The Morgan fingerprint density at radius 3 is 2.71 bits per heavy atom. The second-order valence-corrected chi connectivity index (χ2v) is 6.63. The van der Waals surface area contributed by atoms with Crippen LogP contribution in [-0.4, -0.2) is 45.8 Å². The molecular formula is C21H25N5O2. The van der Waals surface area contributed by atoms with Gasteiger partial charge in [0.2, 0.25) is 0 Å². The summed E-state index contributed by atoms with van der Waals surface area (Å²) in [6.07, 6.45) is 4.92. The van der Waals surface area contributed by atoms with E-state index in [-0.39, 0.29) is 5.56 Å². The third-order valence-electron chi connectivity index (χ3n) is 4.74. The van der Waals surface area contributed by atoms with Crippen molar-refractivity contribution in [3.05, 3.63) is 64.0 Å². The van der Waals surface area contributed by atoms with Crippen LogP contribution in [0.15, 0.2) is 41.5 Å². The van der Waals surface area contributed by atoms with Crippen molar-refractivity contribution in [2.24, 2.45) is 0 Å². The molecule has 0 radical (unpaired) electrons. The largest absolute Gasteiger partial charge is 0.383 e. The van der Waals surface area contributed by atoms with E-state index in [4.69, 9.17) is 0 Å². The lowest BCUT2D eigenvalue weighted by molar-refractivity contribution is 0.111. The number of nitrogens with one attached hydrogen (secondary N) is 2. The van der Waals surface area contributed by atoms with Gasteiger partial charge in [-0.05, 0) is 37.2 Å². The van der Waals surface area contributed by atoms with E-state index in [0.717, 1.165) is 53.8 Å². The second-order valence-electron chi connectivity index (χ2n) is 6.63. The Morgan fingerprint density at radius 1 is 1.18 bits per heavy atom. The average Bonchev–Trinajstić information content (AvgIpc) is 2.72. The number of hydrogen-bond acceptors (Lipinski definition) is 6. The number of aldehydes is 1. The van der Waals surface area contributed by atoms with Crippen LogP contribution in [0, 0.1) is 0 Å².